The molecule has 1 saturated carbocycles. The summed E-state index contributed by atoms with van der Waals surface area (Å²) in [6, 6.07) is 8.50. The number of hydrogen-bond acceptors (Lipinski definition) is 3. The molecule has 0 radical (unpaired) electrons. The number of fused-ring (bicyclic) bond motifs is 1. The van der Waals surface area contributed by atoms with Gasteiger partial charge in [-0.2, -0.15) is 11.8 Å². The Kier molecular flexibility index (Phi) is 5.82. The van der Waals surface area contributed by atoms with E-state index in [-0.39, 0.29) is 5.91 Å². The molecule has 0 N–H and O–H groups in total. The van der Waals surface area contributed by atoms with Gasteiger partial charge in [-0.1, -0.05) is 37.8 Å². The molecule has 24 heavy (non-hydrogen) atoms. The molecule has 1 amide bonds. The first-order valence-corrected chi connectivity index (χ1v) is 10.3. The molecule has 4 nitrogen and oxygen atoms in total. The Labute approximate surface area is 148 Å². The molecule has 1 aliphatic carbocycles. The number of nitrogens with zero attached hydrogens (tertiary/aromatic N) is 3. The van der Waals surface area contributed by atoms with E-state index in [2.05, 4.69) is 16.9 Å². The molecule has 3 rings (SSSR count). The van der Waals surface area contributed by atoms with Gasteiger partial charge in [0.1, 0.15) is 12.4 Å². The van der Waals surface area contributed by atoms with Crippen LogP contribution in [0.3, 0.4) is 0 Å². The number of carbonyl (C=O) groups excluding carboxylic acids is 1. The van der Waals surface area contributed by atoms with Crippen LogP contribution in [-0.4, -0.2) is 39.7 Å². The Hall–Kier alpha value is -1.49. The summed E-state index contributed by atoms with van der Waals surface area (Å²) in [6.07, 6.45) is 9.46. The van der Waals surface area contributed by atoms with Gasteiger partial charge in [0, 0.05) is 13.1 Å². The van der Waals surface area contributed by atoms with E-state index in [0.717, 1.165) is 35.5 Å². The first-order valence-electron chi connectivity index (χ1n) is 8.89. The van der Waals surface area contributed by atoms with Gasteiger partial charge in [0.2, 0.25) is 5.91 Å². The number of para-hydroxylation sites is 2. The molecule has 5 heteroatoms. The van der Waals surface area contributed by atoms with Crippen molar-refractivity contribution in [3.63, 3.8) is 0 Å². The fraction of sp³-hybridized carbons (Fsp3) is 0.579. The molecule has 2 aromatic rings. The lowest BCUT2D eigenvalue weighted by atomic mass is 10.1. The van der Waals surface area contributed by atoms with Crippen molar-refractivity contribution in [3.05, 3.63) is 30.1 Å². The summed E-state index contributed by atoms with van der Waals surface area (Å²) in [4.78, 5) is 19.6. The number of rotatable bonds is 5. The van der Waals surface area contributed by atoms with Crippen molar-refractivity contribution in [2.24, 2.45) is 0 Å². The fourth-order valence-corrected chi connectivity index (χ4v) is 4.12. The lowest BCUT2D eigenvalue weighted by molar-refractivity contribution is -0.132. The number of carbonyl (C=O) groups is 1. The number of aromatic nitrogens is 2. The van der Waals surface area contributed by atoms with Crippen molar-refractivity contribution in [1.29, 1.82) is 0 Å². The molecule has 0 atom stereocenters. The van der Waals surface area contributed by atoms with Gasteiger partial charge < -0.3 is 9.47 Å². The molecule has 1 aromatic carbocycles. The van der Waals surface area contributed by atoms with Crippen LogP contribution in [0.2, 0.25) is 0 Å². The van der Waals surface area contributed by atoms with Crippen LogP contribution in [-0.2, 0) is 17.1 Å². The lowest BCUT2D eigenvalue weighted by Gasteiger charge is -2.27. The number of thioether (sulfide) groups is 1. The molecular formula is C19H27N3OS. The average molecular weight is 346 g/mol. The first kappa shape index (κ1) is 17.3. The maximum absolute atomic E-state index is 12.9. The summed E-state index contributed by atoms with van der Waals surface area (Å²) < 4.78 is 2.10. The van der Waals surface area contributed by atoms with E-state index in [9.17, 15) is 4.79 Å². The molecule has 0 unspecified atom stereocenters. The Morgan fingerprint density at radius 1 is 1.25 bits per heavy atom. The van der Waals surface area contributed by atoms with Crippen LogP contribution in [0.25, 0.3) is 11.0 Å². The zero-order valence-corrected chi connectivity index (χ0v) is 15.5. The topological polar surface area (TPSA) is 38.1 Å². The van der Waals surface area contributed by atoms with Crippen molar-refractivity contribution >= 4 is 28.7 Å². The minimum atomic E-state index is 0.201. The minimum Gasteiger partial charge on any atom is -0.341 e. The smallest absolute Gasteiger partial charge is 0.242 e. The summed E-state index contributed by atoms with van der Waals surface area (Å²) in [5.41, 5.74) is 2.04. The van der Waals surface area contributed by atoms with Gasteiger partial charge >= 0.3 is 0 Å². The van der Waals surface area contributed by atoms with E-state index in [1.54, 1.807) is 11.8 Å². The highest BCUT2D eigenvalue weighted by Gasteiger charge is 2.22. The molecule has 0 aliphatic heterocycles. The second-order valence-electron chi connectivity index (χ2n) is 6.69. The molecule has 0 saturated heterocycles. The van der Waals surface area contributed by atoms with Crippen molar-refractivity contribution in [2.75, 3.05) is 13.3 Å². The van der Waals surface area contributed by atoms with Gasteiger partial charge in [0.05, 0.1) is 16.8 Å². The lowest BCUT2D eigenvalue weighted by Crippen LogP contribution is -2.39. The summed E-state index contributed by atoms with van der Waals surface area (Å²) in [5, 5.41) is 0. The quantitative estimate of drug-likeness (QED) is 0.766. The molecule has 1 aromatic heterocycles. The number of benzene rings is 1. The van der Waals surface area contributed by atoms with Crippen LogP contribution in [0.1, 0.15) is 44.3 Å². The third kappa shape index (κ3) is 3.77. The fourth-order valence-electron chi connectivity index (χ4n) is 3.64. The van der Waals surface area contributed by atoms with Gasteiger partial charge in [-0.15, -0.1) is 0 Å². The normalized spacial score (nSPS) is 16.2. The van der Waals surface area contributed by atoms with Gasteiger partial charge in [0.15, 0.2) is 0 Å². The van der Waals surface area contributed by atoms with Crippen molar-refractivity contribution in [1.82, 2.24) is 14.5 Å². The zero-order chi connectivity index (χ0) is 16.9. The Bertz CT molecular complexity index is 689. The van der Waals surface area contributed by atoms with Crippen molar-refractivity contribution < 1.29 is 4.79 Å². The zero-order valence-electron chi connectivity index (χ0n) is 14.7. The maximum atomic E-state index is 12.9. The Morgan fingerprint density at radius 3 is 2.67 bits per heavy atom. The third-order valence-electron chi connectivity index (χ3n) is 5.07. The standard InChI is InChI=1S/C19H27N3OS/c1-21(15-9-5-3-4-6-10-15)19(23)13-22-17-12-8-7-11-16(17)20-18(22)14-24-2/h7-8,11-12,15H,3-6,9-10,13-14H2,1-2H3. The van der Waals surface area contributed by atoms with Gasteiger partial charge in [-0.25, -0.2) is 4.98 Å². The highest BCUT2D eigenvalue weighted by atomic mass is 32.2. The summed E-state index contributed by atoms with van der Waals surface area (Å²) in [7, 11) is 1.98. The van der Waals surface area contributed by atoms with E-state index in [1.165, 1.54) is 25.7 Å². The van der Waals surface area contributed by atoms with Crippen LogP contribution >= 0.6 is 11.8 Å². The second kappa shape index (κ2) is 8.06. The Balaban J connectivity index is 1.80. The van der Waals surface area contributed by atoms with Crippen LogP contribution in [0.4, 0.5) is 0 Å². The van der Waals surface area contributed by atoms with E-state index in [1.807, 2.05) is 30.1 Å². The van der Waals surface area contributed by atoms with Crippen molar-refractivity contribution in [3.8, 4) is 0 Å². The molecule has 130 valence electrons. The summed E-state index contributed by atoms with van der Waals surface area (Å²) >= 11 is 1.74. The highest BCUT2D eigenvalue weighted by molar-refractivity contribution is 7.97. The summed E-state index contributed by atoms with van der Waals surface area (Å²) in [6.45, 7) is 0.392. The number of hydrogen-bond donors (Lipinski definition) is 0. The minimum absolute atomic E-state index is 0.201. The van der Waals surface area contributed by atoms with E-state index < -0.39 is 0 Å². The molecular weight excluding hydrogens is 318 g/mol. The van der Waals surface area contributed by atoms with E-state index in [4.69, 9.17) is 4.98 Å². The highest BCUT2D eigenvalue weighted by Crippen LogP contribution is 2.23. The first-order chi connectivity index (χ1) is 11.7. The van der Waals surface area contributed by atoms with Crippen LogP contribution in [0, 0.1) is 0 Å². The maximum Gasteiger partial charge on any atom is 0.242 e. The number of amides is 1. The van der Waals surface area contributed by atoms with Crippen molar-refractivity contribution in [2.45, 2.75) is 56.9 Å². The largest absolute Gasteiger partial charge is 0.341 e. The molecule has 0 bridgehead atoms. The Morgan fingerprint density at radius 2 is 1.96 bits per heavy atom. The van der Waals surface area contributed by atoms with Gasteiger partial charge in [-0.05, 0) is 31.2 Å². The number of likely N-dealkylation sites (N-methyl/N-ethyl adjacent to an activating group) is 1. The van der Waals surface area contributed by atoms with E-state index >= 15 is 0 Å². The van der Waals surface area contributed by atoms with Crippen LogP contribution in [0.15, 0.2) is 24.3 Å². The molecule has 1 aliphatic rings. The van der Waals surface area contributed by atoms with Gasteiger partial charge in [0.25, 0.3) is 0 Å². The predicted molar refractivity (Wildman–Crippen MR) is 101 cm³/mol. The number of imidazole rings is 1. The second-order valence-corrected chi connectivity index (χ2v) is 7.55. The predicted octanol–water partition coefficient (Wildman–Crippen LogP) is 4.08. The summed E-state index contributed by atoms with van der Waals surface area (Å²) in [5.74, 6) is 2.02. The third-order valence-corrected chi connectivity index (χ3v) is 5.61. The molecule has 1 heterocycles. The SMILES string of the molecule is CSCc1nc2ccccc2n1CC(=O)N(C)C1CCCCCC1. The van der Waals surface area contributed by atoms with E-state index in [0.29, 0.717) is 12.6 Å². The van der Waals surface area contributed by atoms with Crippen LogP contribution < -0.4 is 0 Å². The molecule has 0 spiro atoms. The van der Waals surface area contributed by atoms with Gasteiger partial charge in [-0.3, -0.25) is 4.79 Å². The van der Waals surface area contributed by atoms with Crippen LogP contribution in [0.5, 0.6) is 0 Å². The molecule has 1 fully saturated rings. The monoisotopic (exact) mass is 345 g/mol. The average Bonchev–Trinajstić information content (AvgIpc) is 2.78.